The lowest BCUT2D eigenvalue weighted by molar-refractivity contribution is -0.127. The normalized spacial score (nSPS) is 19.6. The molecule has 0 radical (unpaired) electrons. The molecule has 0 amide bonds. The van der Waals surface area contributed by atoms with Crippen molar-refractivity contribution in [1.82, 2.24) is 0 Å². The van der Waals surface area contributed by atoms with Gasteiger partial charge in [-0.25, -0.2) is 0 Å². The Kier molecular flexibility index (Phi) is 12.7. The molecule has 0 saturated carbocycles. The predicted octanol–water partition coefficient (Wildman–Crippen LogP) is -4.20. The van der Waals surface area contributed by atoms with E-state index < -0.39 is 49.7 Å². The van der Waals surface area contributed by atoms with Crippen LogP contribution in [0.25, 0.3) is 0 Å². The SMILES string of the molecule is CC(C=O)C(O)C(O)CO.O=CC(O)C(O)C(O)CO. The summed E-state index contributed by atoms with van der Waals surface area (Å²) >= 11 is 0. The largest absolute Gasteiger partial charge is 0.394 e. The smallest absolute Gasteiger partial charge is 0.151 e. The molecule has 6 atom stereocenters. The van der Waals surface area contributed by atoms with Gasteiger partial charge in [0.25, 0.3) is 0 Å². The first-order chi connectivity index (χ1) is 9.26. The maximum atomic E-state index is 10.0. The highest BCUT2D eigenvalue weighted by Crippen LogP contribution is 2.03. The van der Waals surface area contributed by atoms with E-state index in [0.717, 1.165) is 0 Å². The van der Waals surface area contributed by atoms with Crippen molar-refractivity contribution in [2.75, 3.05) is 13.2 Å². The Morgan fingerprint density at radius 2 is 1.20 bits per heavy atom. The third-order valence-electron chi connectivity index (χ3n) is 2.41. The van der Waals surface area contributed by atoms with E-state index in [1.165, 1.54) is 6.92 Å². The van der Waals surface area contributed by atoms with Crippen LogP contribution in [-0.4, -0.2) is 92.1 Å². The molecule has 9 heteroatoms. The number of carbonyl (C=O) groups is 2. The fourth-order valence-corrected chi connectivity index (χ4v) is 0.955. The molecule has 6 unspecified atom stereocenters. The number of carbonyl (C=O) groups excluding carboxylic acids is 2. The predicted molar refractivity (Wildman–Crippen MR) is 65.5 cm³/mol. The van der Waals surface area contributed by atoms with Crippen LogP contribution in [0.3, 0.4) is 0 Å². The van der Waals surface area contributed by atoms with Gasteiger partial charge in [-0.2, -0.15) is 0 Å². The minimum Gasteiger partial charge on any atom is -0.394 e. The first-order valence-corrected chi connectivity index (χ1v) is 5.79. The van der Waals surface area contributed by atoms with Crippen molar-refractivity contribution >= 4 is 12.6 Å². The molecule has 0 aliphatic heterocycles. The molecule has 0 aromatic carbocycles. The number of aliphatic hydroxyl groups excluding tert-OH is 7. The van der Waals surface area contributed by atoms with E-state index in [1.54, 1.807) is 0 Å². The minimum absolute atomic E-state index is 0.0869. The summed E-state index contributed by atoms with van der Waals surface area (Å²) in [6, 6.07) is 0. The van der Waals surface area contributed by atoms with Crippen molar-refractivity contribution in [3.8, 4) is 0 Å². The van der Waals surface area contributed by atoms with Crippen LogP contribution < -0.4 is 0 Å². The highest BCUT2D eigenvalue weighted by atomic mass is 16.4. The zero-order chi connectivity index (χ0) is 16.3. The van der Waals surface area contributed by atoms with Gasteiger partial charge in [0.15, 0.2) is 6.29 Å². The Hall–Kier alpha value is -0.940. The van der Waals surface area contributed by atoms with Crippen molar-refractivity contribution in [2.45, 2.75) is 37.4 Å². The fourth-order valence-electron chi connectivity index (χ4n) is 0.955. The van der Waals surface area contributed by atoms with Crippen LogP contribution >= 0.6 is 0 Å². The highest BCUT2D eigenvalue weighted by molar-refractivity contribution is 5.56. The monoisotopic (exact) mass is 298 g/mol. The van der Waals surface area contributed by atoms with Gasteiger partial charge in [0.2, 0.25) is 0 Å². The Morgan fingerprint density at radius 1 is 0.800 bits per heavy atom. The highest BCUT2D eigenvalue weighted by Gasteiger charge is 2.23. The summed E-state index contributed by atoms with van der Waals surface area (Å²) in [5.41, 5.74) is 0. The maximum absolute atomic E-state index is 10.0. The van der Waals surface area contributed by atoms with E-state index >= 15 is 0 Å². The van der Waals surface area contributed by atoms with Crippen LogP contribution in [-0.2, 0) is 9.59 Å². The molecular formula is C11H22O9. The molecule has 0 fully saturated rings. The third kappa shape index (κ3) is 8.27. The molecule has 7 N–H and O–H groups in total. The van der Waals surface area contributed by atoms with Gasteiger partial charge in [-0.15, -0.1) is 0 Å². The lowest BCUT2D eigenvalue weighted by Gasteiger charge is -2.17. The van der Waals surface area contributed by atoms with E-state index in [4.69, 9.17) is 35.7 Å². The molecule has 0 bridgehead atoms. The van der Waals surface area contributed by atoms with Gasteiger partial charge in [0.1, 0.15) is 30.7 Å². The molecule has 0 aromatic heterocycles. The Bertz CT molecular complexity index is 234. The number of aldehydes is 2. The average Bonchev–Trinajstić information content (AvgIpc) is 2.50. The van der Waals surface area contributed by atoms with Crippen LogP contribution in [0.1, 0.15) is 6.92 Å². The topological polar surface area (TPSA) is 176 Å². The zero-order valence-electron chi connectivity index (χ0n) is 11.0. The second-order valence-corrected chi connectivity index (χ2v) is 4.10. The summed E-state index contributed by atoms with van der Waals surface area (Å²) in [5, 5.41) is 60.1. The quantitative estimate of drug-likeness (QED) is 0.219. The number of hydrogen-bond donors (Lipinski definition) is 7. The van der Waals surface area contributed by atoms with E-state index in [-0.39, 0.29) is 6.29 Å². The summed E-state index contributed by atoms with van der Waals surface area (Å²) < 4.78 is 0. The zero-order valence-corrected chi connectivity index (χ0v) is 11.0. The Labute approximate surface area is 115 Å². The van der Waals surface area contributed by atoms with Gasteiger partial charge < -0.3 is 45.3 Å². The summed E-state index contributed by atoms with van der Waals surface area (Å²) in [6.07, 6.45) is -6.49. The molecule has 0 aromatic rings. The average molecular weight is 298 g/mol. The number of aliphatic hydroxyl groups is 7. The second kappa shape index (κ2) is 11.9. The van der Waals surface area contributed by atoms with Gasteiger partial charge in [-0.1, -0.05) is 6.92 Å². The van der Waals surface area contributed by atoms with E-state index in [9.17, 15) is 9.59 Å². The molecule has 120 valence electrons. The molecule has 0 spiro atoms. The van der Waals surface area contributed by atoms with Crippen LogP contribution in [0.4, 0.5) is 0 Å². The first-order valence-electron chi connectivity index (χ1n) is 5.79. The van der Waals surface area contributed by atoms with Gasteiger partial charge in [0.05, 0.1) is 19.3 Å². The number of rotatable bonds is 8. The Balaban J connectivity index is 0. The first kappa shape index (κ1) is 21.4. The van der Waals surface area contributed by atoms with Crippen molar-refractivity contribution in [3.05, 3.63) is 0 Å². The maximum Gasteiger partial charge on any atom is 0.151 e. The summed E-state index contributed by atoms with van der Waals surface area (Å²) in [6.45, 7) is 0.252. The van der Waals surface area contributed by atoms with Gasteiger partial charge >= 0.3 is 0 Å². The summed E-state index contributed by atoms with van der Waals surface area (Å²) in [5.74, 6) is -0.637. The van der Waals surface area contributed by atoms with Crippen molar-refractivity contribution in [1.29, 1.82) is 0 Å². The van der Waals surface area contributed by atoms with E-state index in [2.05, 4.69) is 0 Å². The van der Waals surface area contributed by atoms with E-state index in [0.29, 0.717) is 6.29 Å². The molecule has 0 aliphatic carbocycles. The van der Waals surface area contributed by atoms with Crippen molar-refractivity contribution < 1.29 is 45.3 Å². The molecule has 0 saturated heterocycles. The van der Waals surface area contributed by atoms with Crippen molar-refractivity contribution in [3.63, 3.8) is 0 Å². The molecule has 0 rings (SSSR count). The second-order valence-electron chi connectivity index (χ2n) is 4.10. The molecule has 0 aliphatic rings. The van der Waals surface area contributed by atoms with Crippen LogP contribution in [0.15, 0.2) is 0 Å². The minimum atomic E-state index is -1.64. The van der Waals surface area contributed by atoms with Gasteiger partial charge in [0, 0.05) is 5.92 Å². The molecule has 0 heterocycles. The standard InChI is InChI=1S/C6H12O4.C5H10O5/c1-4(2-7)6(10)5(9)3-8;6-1-3(8)5(10)4(9)2-7/h2,4-6,8-10H,3H2,1H3;1,3-5,7-10H,2H2. The van der Waals surface area contributed by atoms with Gasteiger partial charge in [-0.3, -0.25) is 0 Å². The lowest BCUT2D eigenvalue weighted by atomic mass is 10.0. The molecule has 9 nitrogen and oxygen atoms in total. The third-order valence-corrected chi connectivity index (χ3v) is 2.41. The summed E-state index contributed by atoms with van der Waals surface area (Å²) in [4.78, 5) is 19.8. The van der Waals surface area contributed by atoms with Crippen molar-refractivity contribution in [2.24, 2.45) is 5.92 Å². The van der Waals surface area contributed by atoms with Gasteiger partial charge in [-0.05, 0) is 0 Å². The lowest BCUT2D eigenvalue weighted by Crippen LogP contribution is -2.40. The Morgan fingerprint density at radius 3 is 1.50 bits per heavy atom. The van der Waals surface area contributed by atoms with Crippen LogP contribution in [0.2, 0.25) is 0 Å². The molecule has 20 heavy (non-hydrogen) atoms. The van der Waals surface area contributed by atoms with Crippen LogP contribution in [0, 0.1) is 5.92 Å². The van der Waals surface area contributed by atoms with Crippen LogP contribution in [0.5, 0.6) is 0 Å². The fraction of sp³-hybridized carbons (Fsp3) is 0.818. The molecular weight excluding hydrogens is 276 g/mol. The van der Waals surface area contributed by atoms with E-state index in [1.807, 2.05) is 0 Å². The summed E-state index contributed by atoms with van der Waals surface area (Å²) in [7, 11) is 0. The number of hydrogen-bond acceptors (Lipinski definition) is 9.